The standard InChI is InChI=1S/C24H48N2O3S/c1-12-20(25-15-13-14-16-25)17-24(9,10)21(29-19(2)22(3,4)5)18-26(23(6,7)8)30(11,27)28/h13-14,19-21H,12,15-18H2,1-11H3. The van der Waals surface area contributed by atoms with Gasteiger partial charge in [0.25, 0.3) is 0 Å². The summed E-state index contributed by atoms with van der Waals surface area (Å²) in [7, 11) is -3.37. The molecule has 0 N–H and O–H groups in total. The Bertz CT molecular complexity index is 664. The maximum absolute atomic E-state index is 12.7. The van der Waals surface area contributed by atoms with E-state index in [9.17, 15) is 8.42 Å². The molecule has 0 fully saturated rings. The van der Waals surface area contributed by atoms with Crippen molar-refractivity contribution in [3.63, 3.8) is 0 Å². The van der Waals surface area contributed by atoms with E-state index in [1.807, 2.05) is 20.8 Å². The van der Waals surface area contributed by atoms with Crippen LogP contribution in [0.3, 0.4) is 0 Å². The Labute approximate surface area is 187 Å². The number of hydrogen-bond acceptors (Lipinski definition) is 4. The van der Waals surface area contributed by atoms with Crippen molar-refractivity contribution in [1.29, 1.82) is 0 Å². The lowest BCUT2D eigenvalue weighted by molar-refractivity contribution is -0.117. The predicted octanol–water partition coefficient (Wildman–Crippen LogP) is 4.93. The van der Waals surface area contributed by atoms with Crippen molar-refractivity contribution in [1.82, 2.24) is 9.21 Å². The molecule has 1 rings (SSSR count). The van der Waals surface area contributed by atoms with Gasteiger partial charge in [0.1, 0.15) is 0 Å². The molecule has 0 spiro atoms. The number of ether oxygens (including phenoxy) is 1. The van der Waals surface area contributed by atoms with Crippen LogP contribution >= 0.6 is 0 Å². The van der Waals surface area contributed by atoms with Gasteiger partial charge in [-0.1, -0.05) is 53.7 Å². The van der Waals surface area contributed by atoms with Crippen molar-refractivity contribution in [3.05, 3.63) is 12.2 Å². The van der Waals surface area contributed by atoms with Crippen molar-refractivity contribution in [2.24, 2.45) is 10.8 Å². The second-order valence-corrected chi connectivity index (χ2v) is 13.7. The highest BCUT2D eigenvalue weighted by molar-refractivity contribution is 7.88. The van der Waals surface area contributed by atoms with Gasteiger partial charge in [0.15, 0.2) is 0 Å². The first-order chi connectivity index (χ1) is 13.4. The number of rotatable bonds is 10. The zero-order valence-electron chi connectivity index (χ0n) is 21.4. The number of hydrogen-bond donors (Lipinski definition) is 0. The van der Waals surface area contributed by atoms with Crippen LogP contribution in [0, 0.1) is 10.8 Å². The van der Waals surface area contributed by atoms with Gasteiger partial charge in [0.2, 0.25) is 10.0 Å². The van der Waals surface area contributed by atoms with E-state index in [1.54, 1.807) is 4.31 Å². The summed E-state index contributed by atoms with van der Waals surface area (Å²) in [5.74, 6) is 0. The second kappa shape index (κ2) is 10.0. The van der Waals surface area contributed by atoms with Gasteiger partial charge in [-0.3, -0.25) is 4.90 Å². The minimum Gasteiger partial charge on any atom is -0.373 e. The van der Waals surface area contributed by atoms with Crippen LogP contribution in [0.4, 0.5) is 0 Å². The molecular weight excluding hydrogens is 396 g/mol. The molecule has 0 aromatic heterocycles. The van der Waals surface area contributed by atoms with Gasteiger partial charge < -0.3 is 4.74 Å². The van der Waals surface area contributed by atoms with E-state index in [1.165, 1.54) is 6.26 Å². The molecule has 0 aliphatic carbocycles. The van der Waals surface area contributed by atoms with E-state index in [0.717, 1.165) is 25.9 Å². The molecule has 3 unspecified atom stereocenters. The van der Waals surface area contributed by atoms with E-state index in [2.05, 4.69) is 65.5 Å². The van der Waals surface area contributed by atoms with Crippen LogP contribution in [-0.2, 0) is 14.8 Å². The summed E-state index contributed by atoms with van der Waals surface area (Å²) in [6.45, 7) is 23.6. The lowest BCUT2D eigenvalue weighted by Gasteiger charge is -2.45. The molecule has 178 valence electrons. The van der Waals surface area contributed by atoms with E-state index >= 15 is 0 Å². The minimum absolute atomic E-state index is 0.0108. The largest absolute Gasteiger partial charge is 0.373 e. The molecule has 0 amide bonds. The normalized spacial score (nSPS) is 20.0. The van der Waals surface area contributed by atoms with E-state index in [4.69, 9.17) is 4.74 Å². The molecule has 0 radical (unpaired) electrons. The first kappa shape index (κ1) is 27.6. The Morgan fingerprint density at radius 2 is 1.53 bits per heavy atom. The van der Waals surface area contributed by atoms with Crippen molar-refractivity contribution in [2.75, 3.05) is 25.9 Å². The third-order valence-corrected chi connectivity index (χ3v) is 8.03. The summed E-state index contributed by atoms with van der Waals surface area (Å²) in [5.41, 5.74) is -0.703. The third-order valence-electron chi connectivity index (χ3n) is 6.54. The van der Waals surface area contributed by atoms with Gasteiger partial charge in [-0.2, -0.15) is 4.31 Å². The SMILES string of the molecule is CCC(CC(C)(C)C(CN(C(C)(C)C)S(C)(=O)=O)OC(C)C(C)(C)C)N1CC=CC1. The summed E-state index contributed by atoms with van der Waals surface area (Å²) in [6.07, 6.45) is 7.62. The molecule has 3 atom stereocenters. The Morgan fingerprint density at radius 1 is 1.03 bits per heavy atom. The zero-order chi connectivity index (χ0) is 23.5. The van der Waals surface area contributed by atoms with E-state index in [-0.39, 0.29) is 23.0 Å². The molecule has 1 aliphatic heterocycles. The van der Waals surface area contributed by atoms with Crippen LogP contribution in [0.5, 0.6) is 0 Å². The van der Waals surface area contributed by atoms with Crippen molar-refractivity contribution < 1.29 is 13.2 Å². The molecule has 1 heterocycles. The first-order valence-electron chi connectivity index (χ1n) is 11.4. The molecule has 0 aromatic carbocycles. The zero-order valence-corrected chi connectivity index (χ0v) is 22.3. The van der Waals surface area contributed by atoms with Gasteiger partial charge in [0.05, 0.1) is 18.5 Å². The second-order valence-electron chi connectivity index (χ2n) is 11.8. The third kappa shape index (κ3) is 7.92. The van der Waals surface area contributed by atoms with Crippen LogP contribution < -0.4 is 0 Å². The fraction of sp³-hybridized carbons (Fsp3) is 0.917. The highest BCUT2D eigenvalue weighted by atomic mass is 32.2. The highest BCUT2D eigenvalue weighted by Gasteiger charge is 2.41. The molecular formula is C24H48N2O3S. The Hall–Kier alpha value is -0.430. The first-order valence-corrected chi connectivity index (χ1v) is 13.3. The fourth-order valence-corrected chi connectivity index (χ4v) is 5.45. The molecule has 0 bridgehead atoms. The van der Waals surface area contributed by atoms with Crippen LogP contribution in [0.15, 0.2) is 12.2 Å². The summed E-state index contributed by atoms with van der Waals surface area (Å²) < 4.78 is 33.6. The summed E-state index contributed by atoms with van der Waals surface area (Å²) in [6, 6.07) is 0.451. The van der Waals surface area contributed by atoms with Crippen LogP contribution in [0.1, 0.15) is 82.1 Å². The summed E-state index contributed by atoms with van der Waals surface area (Å²) >= 11 is 0. The fourth-order valence-electron chi connectivity index (χ4n) is 4.05. The van der Waals surface area contributed by atoms with Crippen LogP contribution in [-0.4, -0.2) is 67.3 Å². The molecule has 6 heteroatoms. The molecule has 0 aromatic rings. The van der Waals surface area contributed by atoms with Crippen molar-refractivity contribution in [3.8, 4) is 0 Å². The molecule has 5 nitrogen and oxygen atoms in total. The number of nitrogens with zero attached hydrogens (tertiary/aromatic N) is 2. The lowest BCUT2D eigenvalue weighted by atomic mass is 9.78. The van der Waals surface area contributed by atoms with Gasteiger partial charge in [-0.25, -0.2) is 8.42 Å². The van der Waals surface area contributed by atoms with E-state index in [0.29, 0.717) is 12.6 Å². The van der Waals surface area contributed by atoms with Crippen molar-refractivity contribution >= 4 is 10.0 Å². The van der Waals surface area contributed by atoms with E-state index < -0.39 is 15.6 Å². The molecule has 0 saturated carbocycles. The highest BCUT2D eigenvalue weighted by Crippen LogP contribution is 2.37. The van der Waals surface area contributed by atoms with Crippen LogP contribution in [0.2, 0.25) is 0 Å². The van der Waals surface area contributed by atoms with Crippen LogP contribution in [0.25, 0.3) is 0 Å². The van der Waals surface area contributed by atoms with Gasteiger partial charge in [0, 0.05) is 31.2 Å². The Kier molecular flexibility index (Phi) is 9.21. The maximum Gasteiger partial charge on any atom is 0.211 e. The smallest absolute Gasteiger partial charge is 0.211 e. The monoisotopic (exact) mass is 444 g/mol. The maximum atomic E-state index is 12.7. The Morgan fingerprint density at radius 3 is 1.90 bits per heavy atom. The predicted molar refractivity (Wildman–Crippen MR) is 128 cm³/mol. The number of sulfonamides is 1. The summed E-state index contributed by atoms with van der Waals surface area (Å²) in [4.78, 5) is 2.50. The van der Waals surface area contributed by atoms with Gasteiger partial charge in [-0.15, -0.1) is 0 Å². The Balaban J connectivity index is 3.22. The minimum atomic E-state index is -3.37. The lowest BCUT2D eigenvalue weighted by Crippen LogP contribution is -2.54. The molecule has 0 saturated heterocycles. The van der Waals surface area contributed by atoms with Gasteiger partial charge in [-0.05, 0) is 51.4 Å². The van der Waals surface area contributed by atoms with Crippen molar-refractivity contribution in [2.45, 2.75) is 106 Å². The summed E-state index contributed by atoms with van der Waals surface area (Å²) in [5, 5.41) is 0. The average molecular weight is 445 g/mol. The quantitative estimate of drug-likeness (QED) is 0.448. The average Bonchev–Trinajstić information content (AvgIpc) is 3.07. The molecule has 1 aliphatic rings. The molecule has 30 heavy (non-hydrogen) atoms. The van der Waals surface area contributed by atoms with Gasteiger partial charge >= 0.3 is 0 Å². The topological polar surface area (TPSA) is 49.9 Å².